The van der Waals surface area contributed by atoms with Gasteiger partial charge in [0.05, 0.1) is 24.0 Å². The fourth-order valence-corrected chi connectivity index (χ4v) is 2.08. The number of ether oxygens (including phenoxy) is 2. The molecule has 1 aromatic rings. The average Bonchev–Trinajstić information content (AvgIpc) is 2.27. The highest BCUT2D eigenvalue weighted by Crippen LogP contribution is 2.32. The molecular formula is C10H12IN3O2S. The molecular weight excluding hydrogens is 353 g/mol. The molecule has 0 radical (unpaired) electrons. The van der Waals surface area contributed by atoms with Crippen LogP contribution in [-0.2, 0) is 0 Å². The molecule has 0 aliphatic rings. The second-order valence-electron chi connectivity index (χ2n) is 2.97. The summed E-state index contributed by atoms with van der Waals surface area (Å²) in [5, 5.41) is 3.99. The summed E-state index contributed by atoms with van der Waals surface area (Å²) in [5.74, 6) is 1.35. The van der Waals surface area contributed by atoms with E-state index >= 15 is 0 Å². The summed E-state index contributed by atoms with van der Waals surface area (Å²) in [4.78, 5) is 0. The number of hydrazone groups is 1. The first-order valence-electron chi connectivity index (χ1n) is 4.58. The first-order chi connectivity index (χ1) is 8.08. The summed E-state index contributed by atoms with van der Waals surface area (Å²) >= 11 is 6.79. The Kier molecular flexibility index (Phi) is 5.42. The minimum absolute atomic E-state index is 0.122. The average molecular weight is 365 g/mol. The van der Waals surface area contributed by atoms with Gasteiger partial charge < -0.3 is 15.2 Å². The van der Waals surface area contributed by atoms with E-state index in [9.17, 15) is 0 Å². The van der Waals surface area contributed by atoms with Crippen molar-refractivity contribution in [2.24, 2.45) is 10.8 Å². The van der Waals surface area contributed by atoms with Crippen molar-refractivity contribution in [1.29, 1.82) is 0 Å². The Morgan fingerprint density at radius 1 is 1.47 bits per heavy atom. The number of thiocarbonyl (C=S) groups is 1. The van der Waals surface area contributed by atoms with Gasteiger partial charge in [0.1, 0.15) is 0 Å². The molecule has 7 heteroatoms. The van der Waals surface area contributed by atoms with Crippen LogP contribution in [0, 0.1) is 3.57 Å². The summed E-state index contributed by atoms with van der Waals surface area (Å²) < 4.78 is 11.4. The number of hydrogen-bond donors (Lipinski definition) is 2. The zero-order chi connectivity index (χ0) is 12.8. The third-order valence-electron chi connectivity index (χ3n) is 1.84. The van der Waals surface area contributed by atoms with Crippen LogP contribution in [0.3, 0.4) is 0 Å². The zero-order valence-electron chi connectivity index (χ0n) is 9.36. The van der Waals surface area contributed by atoms with Gasteiger partial charge in [-0.2, -0.15) is 5.10 Å². The van der Waals surface area contributed by atoms with Crippen LogP contribution in [0.5, 0.6) is 11.5 Å². The maximum Gasteiger partial charge on any atom is 0.184 e. The molecule has 0 unspecified atom stereocenters. The van der Waals surface area contributed by atoms with Gasteiger partial charge in [-0.15, -0.1) is 0 Å². The van der Waals surface area contributed by atoms with Crippen molar-refractivity contribution in [1.82, 2.24) is 5.43 Å². The molecule has 5 nitrogen and oxygen atoms in total. The van der Waals surface area contributed by atoms with Crippen LogP contribution in [-0.4, -0.2) is 25.5 Å². The first-order valence-corrected chi connectivity index (χ1v) is 6.07. The van der Waals surface area contributed by atoms with Crippen LogP contribution in [0.25, 0.3) is 0 Å². The van der Waals surface area contributed by atoms with Crippen molar-refractivity contribution in [3.63, 3.8) is 0 Å². The van der Waals surface area contributed by atoms with Gasteiger partial charge in [-0.25, -0.2) is 0 Å². The van der Waals surface area contributed by atoms with Gasteiger partial charge >= 0.3 is 0 Å². The van der Waals surface area contributed by atoms with Crippen molar-refractivity contribution in [3.05, 3.63) is 21.3 Å². The van der Waals surface area contributed by atoms with Crippen molar-refractivity contribution in [2.45, 2.75) is 0 Å². The second kappa shape index (κ2) is 6.60. The van der Waals surface area contributed by atoms with Gasteiger partial charge in [0.15, 0.2) is 16.6 Å². The molecule has 3 N–H and O–H groups in total. The molecule has 0 aromatic heterocycles. The molecule has 0 aliphatic carbocycles. The Balaban J connectivity index is 2.99. The number of nitrogens with zero attached hydrogens (tertiary/aromatic N) is 1. The lowest BCUT2D eigenvalue weighted by atomic mass is 10.2. The number of nitrogens with two attached hydrogens (primary N) is 1. The molecule has 0 heterocycles. The van der Waals surface area contributed by atoms with E-state index in [1.807, 2.05) is 12.1 Å². The molecule has 92 valence electrons. The van der Waals surface area contributed by atoms with E-state index in [4.69, 9.17) is 15.2 Å². The molecule has 0 bridgehead atoms. The normalized spacial score (nSPS) is 10.3. The minimum Gasteiger partial charge on any atom is -0.493 e. The van der Waals surface area contributed by atoms with Crippen LogP contribution < -0.4 is 20.6 Å². The molecule has 17 heavy (non-hydrogen) atoms. The van der Waals surface area contributed by atoms with Crippen molar-refractivity contribution >= 4 is 46.1 Å². The Morgan fingerprint density at radius 3 is 2.71 bits per heavy atom. The third kappa shape index (κ3) is 4.00. The Morgan fingerprint density at radius 2 is 2.18 bits per heavy atom. The highest BCUT2D eigenvalue weighted by molar-refractivity contribution is 14.1. The number of hydrogen-bond acceptors (Lipinski definition) is 4. The molecule has 0 spiro atoms. The van der Waals surface area contributed by atoms with Gasteiger partial charge in [-0.3, -0.25) is 5.43 Å². The third-order valence-corrected chi connectivity index (χ3v) is 2.74. The van der Waals surface area contributed by atoms with E-state index < -0.39 is 0 Å². The minimum atomic E-state index is 0.122. The van der Waals surface area contributed by atoms with Crippen molar-refractivity contribution in [3.8, 4) is 11.5 Å². The zero-order valence-corrected chi connectivity index (χ0v) is 12.3. The second-order valence-corrected chi connectivity index (χ2v) is 4.57. The summed E-state index contributed by atoms with van der Waals surface area (Å²) in [7, 11) is 3.18. The number of halogens is 1. The first kappa shape index (κ1) is 14.0. The highest BCUT2D eigenvalue weighted by Gasteiger charge is 2.09. The topological polar surface area (TPSA) is 68.9 Å². The SMILES string of the molecule is COc1cc(/C=N\NC(N)=S)cc(I)c1OC. The maximum atomic E-state index is 5.25. The number of rotatable bonds is 4. The standard InChI is InChI=1S/C10H12IN3O2S/c1-15-8-4-6(5-13-14-10(12)17)3-7(11)9(8)16-2/h3-5H,1-2H3,(H3,12,14,17)/b13-5-. The summed E-state index contributed by atoms with van der Waals surface area (Å²) in [6.07, 6.45) is 1.60. The van der Waals surface area contributed by atoms with E-state index in [0.29, 0.717) is 11.5 Å². The fraction of sp³-hybridized carbons (Fsp3) is 0.200. The van der Waals surface area contributed by atoms with Gasteiger partial charge in [0, 0.05) is 0 Å². The Labute approximate surface area is 118 Å². The smallest absolute Gasteiger partial charge is 0.184 e. The van der Waals surface area contributed by atoms with Gasteiger partial charge in [-0.1, -0.05) is 0 Å². The van der Waals surface area contributed by atoms with E-state index in [2.05, 4.69) is 45.3 Å². The van der Waals surface area contributed by atoms with Crippen molar-refractivity contribution in [2.75, 3.05) is 14.2 Å². The van der Waals surface area contributed by atoms with Crippen molar-refractivity contribution < 1.29 is 9.47 Å². The van der Waals surface area contributed by atoms with Crippen LogP contribution >= 0.6 is 34.8 Å². The predicted molar refractivity (Wildman–Crippen MR) is 79.8 cm³/mol. The number of methoxy groups -OCH3 is 2. The van der Waals surface area contributed by atoms with E-state index in [0.717, 1.165) is 9.13 Å². The molecule has 1 aromatic carbocycles. The lowest BCUT2D eigenvalue weighted by Crippen LogP contribution is -2.24. The fourth-order valence-electron chi connectivity index (χ4n) is 1.18. The van der Waals surface area contributed by atoms with Crippen LogP contribution in [0.15, 0.2) is 17.2 Å². The molecule has 1 rings (SSSR count). The number of benzene rings is 1. The van der Waals surface area contributed by atoms with E-state index in [-0.39, 0.29) is 5.11 Å². The van der Waals surface area contributed by atoms with Gasteiger partial charge in [-0.05, 0) is 52.5 Å². The van der Waals surface area contributed by atoms with Gasteiger partial charge in [0.25, 0.3) is 0 Å². The van der Waals surface area contributed by atoms with Crippen LogP contribution in [0.2, 0.25) is 0 Å². The predicted octanol–water partition coefficient (Wildman–Crippen LogP) is 1.48. The van der Waals surface area contributed by atoms with Crippen LogP contribution in [0.4, 0.5) is 0 Å². The lowest BCUT2D eigenvalue weighted by Gasteiger charge is -2.10. The molecule has 0 saturated carbocycles. The maximum absolute atomic E-state index is 5.25. The van der Waals surface area contributed by atoms with Gasteiger partial charge in [0.2, 0.25) is 0 Å². The quantitative estimate of drug-likeness (QED) is 0.366. The molecule has 0 amide bonds. The molecule has 0 aliphatic heterocycles. The highest BCUT2D eigenvalue weighted by atomic mass is 127. The Bertz CT molecular complexity index is 451. The lowest BCUT2D eigenvalue weighted by molar-refractivity contribution is 0.353. The summed E-state index contributed by atoms with van der Waals surface area (Å²) in [5.41, 5.74) is 8.59. The van der Waals surface area contributed by atoms with E-state index in [1.54, 1.807) is 20.4 Å². The van der Waals surface area contributed by atoms with E-state index in [1.165, 1.54) is 0 Å². The molecule has 0 atom stereocenters. The summed E-state index contributed by atoms with van der Waals surface area (Å²) in [6.45, 7) is 0. The Hall–Kier alpha value is -1.09. The van der Waals surface area contributed by atoms with Crippen LogP contribution in [0.1, 0.15) is 5.56 Å². The largest absolute Gasteiger partial charge is 0.493 e. The molecule has 0 saturated heterocycles. The molecule has 0 fully saturated rings. The monoisotopic (exact) mass is 365 g/mol. The summed E-state index contributed by atoms with van der Waals surface area (Å²) in [6, 6.07) is 3.72. The number of nitrogens with one attached hydrogen (secondary N) is 1.